The standard InChI is InChI=1S/C10H22O2Si/c1-5-8-11-13(10(4)7-3)12-9-6-2/h7,10,13H,3,5-6,8-9H2,1-2,4H3. The Morgan fingerprint density at radius 3 is 2.00 bits per heavy atom. The molecule has 0 aromatic rings. The van der Waals surface area contributed by atoms with Gasteiger partial charge in [0.1, 0.15) is 0 Å². The van der Waals surface area contributed by atoms with E-state index in [9.17, 15) is 0 Å². The topological polar surface area (TPSA) is 18.5 Å². The van der Waals surface area contributed by atoms with Gasteiger partial charge in [0.2, 0.25) is 0 Å². The minimum absolute atomic E-state index is 0.401. The largest absolute Gasteiger partial charge is 0.396 e. The summed E-state index contributed by atoms with van der Waals surface area (Å²) in [6.07, 6.45) is 4.05. The molecule has 2 nitrogen and oxygen atoms in total. The molecule has 0 amide bonds. The maximum Gasteiger partial charge on any atom is 0.328 e. The van der Waals surface area contributed by atoms with Crippen molar-refractivity contribution >= 4 is 9.28 Å². The SMILES string of the molecule is C=CC(C)[SiH](OCCC)OCCC. The number of rotatable bonds is 8. The number of hydrogen-bond acceptors (Lipinski definition) is 2. The Bertz CT molecular complexity index is 120. The molecule has 0 saturated heterocycles. The van der Waals surface area contributed by atoms with Crippen molar-refractivity contribution in [1.29, 1.82) is 0 Å². The van der Waals surface area contributed by atoms with Gasteiger partial charge in [0.05, 0.1) is 0 Å². The third kappa shape index (κ3) is 6.02. The zero-order valence-corrected chi connectivity index (χ0v) is 10.2. The zero-order valence-electron chi connectivity index (χ0n) is 9.08. The van der Waals surface area contributed by atoms with Crippen molar-refractivity contribution in [2.45, 2.75) is 39.2 Å². The highest BCUT2D eigenvalue weighted by Gasteiger charge is 2.18. The molecule has 0 aliphatic rings. The zero-order chi connectivity index (χ0) is 10.1. The van der Waals surface area contributed by atoms with Crippen LogP contribution < -0.4 is 0 Å². The van der Waals surface area contributed by atoms with Crippen LogP contribution >= 0.6 is 0 Å². The molecule has 0 heterocycles. The van der Waals surface area contributed by atoms with Crippen molar-refractivity contribution in [3.63, 3.8) is 0 Å². The first-order chi connectivity index (χ1) is 6.26. The van der Waals surface area contributed by atoms with E-state index in [0.29, 0.717) is 5.54 Å². The van der Waals surface area contributed by atoms with Gasteiger partial charge in [-0.1, -0.05) is 26.8 Å². The average Bonchev–Trinajstić information content (AvgIpc) is 2.17. The monoisotopic (exact) mass is 202 g/mol. The van der Waals surface area contributed by atoms with E-state index in [1.807, 2.05) is 6.08 Å². The molecule has 0 N–H and O–H groups in total. The summed E-state index contributed by atoms with van der Waals surface area (Å²) in [5.74, 6) is 0. The molecule has 0 bridgehead atoms. The van der Waals surface area contributed by atoms with Crippen LogP contribution in [0.5, 0.6) is 0 Å². The number of allylic oxidation sites excluding steroid dienone is 1. The summed E-state index contributed by atoms with van der Waals surface area (Å²) in [5, 5.41) is 0. The molecule has 0 saturated carbocycles. The maximum absolute atomic E-state index is 5.69. The molecule has 78 valence electrons. The maximum atomic E-state index is 5.69. The predicted molar refractivity (Wildman–Crippen MR) is 59.3 cm³/mol. The molecule has 0 fully saturated rings. The van der Waals surface area contributed by atoms with Gasteiger partial charge in [0.25, 0.3) is 0 Å². The quantitative estimate of drug-likeness (QED) is 0.445. The van der Waals surface area contributed by atoms with Crippen LogP contribution in [0.4, 0.5) is 0 Å². The summed E-state index contributed by atoms with van der Waals surface area (Å²) in [6.45, 7) is 11.8. The van der Waals surface area contributed by atoms with E-state index in [1.54, 1.807) is 0 Å². The minimum Gasteiger partial charge on any atom is -0.396 e. The van der Waals surface area contributed by atoms with E-state index in [-0.39, 0.29) is 0 Å². The van der Waals surface area contributed by atoms with E-state index in [4.69, 9.17) is 8.85 Å². The molecular weight excluding hydrogens is 180 g/mol. The van der Waals surface area contributed by atoms with E-state index in [2.05, 4.69) is 27.4 Å². The highest BCUT2D eigenvalue weighted by atomic mass is 28.3. The fourth-order valence-corrected chi connectivity index (χ4v) is 2.79. The van der Waals surface area contributed by atoms with Gasteiger partial charge in [-0.05, 0) is 12.8 Å². The van der Waals surface area contributed by atoms with Crippen LogP contribution in [0.25, 0.3) is 0 Å². The predicted octanol–water partition coefficient (Wildman–Crippen LogP) is 2.64. The average molecular weight is 202 g/mol. The Kier molecular flexibility index (Phi) is 8.39. The Hall–Kier alpha value is -0.123. The molecular formula is C10H22O2Si. The molecule has 0 spiro atoms. The van der Waals surface area contributed by atoms with Crippen LogP contribution in [0.15, 0.2) is 12.7 Å². The van der Waals surface area contributed by atoms with Gasteiger partial charge in [-0.25, -0.2) is 0 Å². The Balaban J connectivity index is 3.79. The lowest BCUT2D eigenvalue weighted by Gasteiger charge is -2.19. The summed E-state index contributed by atoms with van der Waals surface area (Å²) < 4.78 is 11.4. The second-order valence-electron chi connectivity index (χ2n) is 3.20. The second-order valence-corrected chi connectivity index (χ2v) is 5.66. The summed E-state index contributed by atoms with van der Waals surface area (Å²) in [7, 11) is -1.48. The smallest absolute Gasteiger partial charge is 0.328 e. The lowest BCUT2D eigenvalue weighted by atomic mass is 10.5. The van der Waals surface area contributed by atoms with Crippen LogP contribution in [0.1, 0.15) is 33.6 Å². The fraction of sp³-hybridized carbons (Fsp3) is 0.800. The lowest BCUT2D eigenvalue weighted by molar-refractivity contribution is 0.192. The van der Waals surface area contributed by atoms with Crippen molar-refractivity contribution < 1.29 is 8.85 Å². The van der Waals surface area contributed by atoms with Crippen molar-refractivity contribution in [3.05, 3.63) is 12.7 Å². The third-order valence-electron chi connectivity index (χ3n) is 1.77. The molecule has 0 aliphatic heterocycles. The third-order valence-corrected chi connectivity index (χ3v) is 4.03. The van der Waals surface area contributed by atoms with Gasteiger partial charge >= 0.3 is 9.28 Å². The van der Waals surface area contributed by atoms with Gasteiger partial charge in [0, 0.05) is 18.8 Å². The number of hydrogen-bond donors (Lipinski definition) is 0. The van der Waals surface area contributed by atoms with E-state index >= 15 is 0 Å². The van der Waals surface area contributed by atoms with Crippen molar-refractivity contribution in [2.75, 3.05) is 13.2 Å². The Morgan fingerprint density at radius 1 is 1.23 bits per heavy atom. The molecule has 0 radical (unpaired) electrons. The first kappa shape index (κ1) is 12.9. The molecule has 1 unspecified atom stereocenters. The minimum atomic E-state index is -1.48. The molecule has 1 atom stereocenters. The molecule has 0 aromatic heterocycles. The van der Waals surface area contributed by atoms with Crippen molar-refractivity contribution in [1.82, 2.24) is 0 Å². The normalized spacial score (nSPS) is 13.2. The van der Waals surface area contributed by atoms with Crippen LogP contribution in [0, 0.1) is 0 Å². The first-order valence-electron chi connectivity index (χ1n) is 5.12. The summed E-state index contributed by atoms with van der Waals surface area (Å²) >= 11 is 0. The lowest BCUT2D eigenvalue weighted by Crippen LogP contribution is -2.27. The van der Waals surface area contributed by atoms with Gasteiger partial charge in [-0.3, -0.25) is 0 Å². The van der Waals surface area contributed by atoms with Crippen LogP contribution in [-0.2, 0) is 8.85 Å². The van der Waals surface area contributed by atoms with Gasteiger partial charge in [-0.15, -0.1) is 6.58 Å². The highest BCUT2D eigenvalue weighted by molar-refractivity contribution is 6.46. The Morgan fingerprint density at radius 2 is 1.69 bits per heavy atom. The molecule has 3 heteroatoms. The Labute approximate surface area is 83.8 Å². The van der Waals surface area contributed by atoms with Crippen LogP contribution in [0.3, 0.4) is 0 Å². The van der Waals surface area contributed by atoms with E-state index in [1.165, 1.54) is 0 Å². The summed E-state index contributed by atoms with van der Waals surface area (Å²) in [6, 6.07) is 0. The second kappa shape index (κ2) is 8.47. The van der Waals surface area contributed by atoms with E-state index < -0.39 is 9.28 Å². The van der Waals surface area contributed by atoms with Gasteiger partial charge in [0.15, 0.2) is 0 Å². The van der Waals surface area contributed by atoms with Gasteiger partial charge < -0.3 is 8.85 Å². The van der Waals surface area contributed by atoms with E-state index in [0.717, 1.165) is 26.1 Å². The molecule has 0 aliphatic carbocycles. The molecule has 0 aromatic carbocycles. The van der Waals surface area contributed by atoms with Crippen LogP contribution in [-0.4, -0.2) is 22.5 Å². The van der Waals surface area contributed by atoms with Crippen LogP contribution in [0.2, 0.25) is 5.54 Å². The van der Waals surface area contributed by atoms with Gasteiger partial charge in [-0.2, -0.15) is 0 Å². The van der Waals surface area contributed by atoms with Crippen molar-refractivity contribution in [2.24, 2.45) is 0 Å². The highest BCUT2D eigenvalue weighted by Crippen LogP contribution is 2.12. The summed E-state index contributed by atoms with van der Waals surface area (Å²) in [4.78, 5) is 0. The van der Waals surface area contributed by atoms with Crippen molar-refractivity contribution in [3.8, 4) is 0 Å². The molecule has 13 heavy (non-hydrogen) atoms. The summed E-state index contributed by atoms with van der Waals surface area (Å²) in [5.41, 5.74) is 0.401. The first-order valence-corrected chi connectivity index (χ1v) is 6.72. The molecule has 0 rings (SSSR count). The fourth-order valence-electron chi connectivity index (χ4n) is 0.931.